The molecule has 5 nitrogen and oxygen atoms in total. The molecule has 1 aliphatic heterocycles. The molecule has 3 rings (SSSR count). The van der Waals surface area contributed by atoms with Crippen molar-refractivity contribution >= 4 is 37.3 Å². The number of rotatable bonds is 2. The molecule has 23 heavy (non-hydrogen) atoms. The average Bonchev–Trinajstić information content (AvgIpc) is 2.97. The van der Waals surface area contributed by atoms with Crippen molar-refractivity contribution in [1.82, 2.24) is 10.2 Å². The van der Waals surface area contributed by atoms with Gasteiger partial charge in [0.05, 0.1) is 10.5 Å². The van der Waals surface area contributed by atoms with E-state index in [9.17, 15) is 13.2 Å². The molecule has 1 aliphatic rings. The third-order valence-electron chi connectivity index (χ3n) is 4.32. The molecule has 0 aliphatic carbocycles. The Labute approximate surface area is 140 Å². The molecule has 2 aromatic rings. The van der Waals surface area contributed by atoms with Crippen molar-refractivity contribution in [3.63, 3.8) is 0 Å². The molecule has 1 saturated heterocycles. The van der Waals surface area contributed by atoms with Gasteiger partial charge in [0.2, 0.25) is 0 Å². The fraction of sp³-hybridized carbons (Fsp3) is 0.438. The normalized spacial score (nSPS) is 23.8. The van der Waals surface area contributed by atoms with Crippen molar-refractivity contribution in [1.29, 1.82) is 0 Å². The van der Waals surface area contributed by atoms with Crippen LogP contribution in [0.15, 0.2) is 29.6 Å². The van der Waals surface area contributed by atoms with Gasteiger partial charge in [-0.25, -0.2) is 13.2 Å². The van der Waals surface area contributed by atoms with Crippen molar-refractivity contribution in [2.75, 3.05) is 13.1 Å². The van der Waals surface area contributed by atoms with E-state index in [0.717, 1.165) is 5.56 Å². The molecule has 124 valence electrons. The number of hydrogen-bond donors (Lipinski definition) is 1. The summed E-state index contributed by atoms with van der Waals surface area (Å²) in [5, 5.41) is 5.08. The lowest BCUT2D eigenvalue weighted by Gasteiger charge is -2.34. The molecular formula is C16H20N2O3S2. The van der Waals surface area contributed by atoms with Crippen LogP contribution in [0.25, 0.3) is 10.1 Å². The van der Waals surface area contributed by atoms with Crippen LogP contribution in [0.3, 0.4) is 0 Å². The largest absolute Gasteiger partial charge is 0.334 e. The predicted molar refractivity (Wildman–Crippen MR) is 93.5 cm³/mol. The third-order valence-corrected chi connectivity index (χ3v) is 7.76. The van der Waals surface area contributed by atoms with Crippen LogP contribution < -0.4 is 5.32 Å². The smallest absolute Gasteiger partial charge is 0.317 e. The maximum absolute atomic E-state index is 12.3. The minimum Gasteiger partial charge on any atom is -0.334 e. The van der Waals surface area contributed by atoms with Gasteiger partial charge in [-0.1, -0.05) is 6.07 Å². The molecule has 7 heteroatoms. The molecule has 0 spiro atoms. The van der Waals surface area contributed by atoms with Gasteiger partial charge in [-0.2, -0.15) is 0 Å². The number of nitrogens with one attached hydrogen (secondary N) is 1. The van der Waals surface area contributed by atoms with E-state index in [2.05, 4.69) is 23.5 Å². The second kappa shape index (κ2) is 6.13. The zero-order chi connectivity index (χ0) is 16.6. The van der Waals surface area contributed by atoms with Gasteiger partial charge >= 0.3 is 6.03 Å². The summed E-state index contributed by atoms with van der Waals surface area (Å²) in [6.07, 6.45) is 0. The van der Waals surface area contributed by atoms with Gasteiger partial charge < -0.3 is 10.2 Å². The van der Waals surface area contributed by atoms with Crippen LogP contribution in [0.2, 0.25) is 0 Å². The van der Waals surface area contributed by atoms with E-state index < -0.39 is 20.3 Å². The maximum Gasteiger partial charge on any atom is 0.317 e. The van der Waals surface area contributed by atoms with E-state index in [1.165, 1.54) is 10.1 Å². The second-order valence-corrected chi connectivity index (χ2v) is 9.80. The molecule has 1 aromatic heterocycles. The summed E-state index contributed by atoms with van der Waals surface area (Å²) in [6.45, 7) is 4.27. The fourth-order valence-corrected chi connectivity index (χ4v) is 5.22. The molecule has 2 heterocycles. The molecule has 2 amide bonds. The summed E-state index contributed by atoms with van der Waals surface area (Å²) in [5.74, 6) is 0. The number of sulfone groups is 1. The van der Waals surface area contributed by atoms with Gasteiger partial charge in [0.1, 0.15) is 0 Å². The number of carbonyl (C=O) groups excluding carboxylic acids is 1. The standard InChI is InChI=1S/C16H20N2O3S2/c1-11-9-18(10-12(2)23(11,20)21)16(19)17-8-13-3-4-15-14(7-13)5-6-22-15/h3-7,11-12H,8-10H2,1-2H3,(H,17,19). The van der Waals surface area contributed by atoms with Gasteiger partial charge in [0, 0.05) is 24.3 Å². The lowest BCUT2D eigenvalue weighted by Crippen LogP contribution is -2.54. The Morgan fingerprint density at radius 2 is 1.96 bits per heavy atom. The van der Waals surface area contributed by atoms with Crippen molar-refractivity contribution in [2.45, 2.75) is 30.9 Å². The molecule has 2 atom stereocenters. The number of fused-ring (bicyclic) bond motifs is 1. The number of nitrogens with zero attached hydrogens (tertiary/aromatic N) is 1. The zero-order valence-electron chi connectivity index (χ0n) is 13.2. The quantitative estimate of drug-likeness (QED) is 0.903. The number of hydrogen-bond acceptors (Lipinski definition) is 4. The number of urea groups is 1. The van der Waals surface area contributed by atoms with Crippen molar-refractivity contribution in [2.24, 2.45) is 0 Å². The van der Waals surface area contributed by atoms with E-state index in [1.54, 1.807) is 30.1 Å². The van der Waals surface area contributed by atoms with Crippen molar-refractivity contribution < 1.29 is 13.2 Å². The van der Waals surface area contributed by atoms with Gasteiger partial charge in [-0.15, -0.1) is 11.3 Å². The molecule has 0 saturated carbocycles. The number of amides is 2. The van der Waals surface area contributed by atoms with E-state index in [0.29, 0.717) is 6.54 Å². The first kappa shape index (κ1) is 16.3. The first-order chi connectivity index (χ1) is 10.9. The van der Waals surface area contributed by atoms with Gasteiger partial charge in [0.15, 0.2) is 9.84 Å². The highest BCUT2D eigenvalue weighted by molar-refractivity contribution is 7.92. The predicted octanol–water partition coefficient (Wildman–Crippen LogP) is 2.62. The van der Waals surface area contributed by atoms with E-state index in [4.69, 9.17) is 0 Å². The molecule has 1 aromatic carbocycles. The minimum absolute atomic E-state index is 0.205. The Morgan fingerprint density at radius 1 is 1.26 bits per heavy atom. The number of thiophene rings is 1. The Hall–Kier alpha value is -1.60. The highest BCUT2D eigenvalue weighted by atomic mass is 32.2. The van der Waals surface area contributed by atoms with E-state index in [-0.39, 0.29) is 19.1 Å². The van der Waals surface area contributed by atoms with Crippen LogP contribution in [0, 0.1) is 0 Å². The van der Waals surface area contributed by atoms with Crippen LogP contribution >= 0.6 is 11.3 Å². The minimum atomic E-state index is -3.11. The second-order valence-electron chi connectivity index (χ2n) is 6.07. The fourth-order valence-electron chi connectivity index (χ4n) is 2.88. The highest BCUT2D eigenvalue weighted by Gasteiger charge is 2.37. The molecule has 1 N–H and O–H groups in total. The van der Waals surface area contributed by atoms with E-state index in [1.807, 2.05) is 11.4 Å². The van der Waals surface area contributed by atoms with Gasteiger partial charge in [0.25, 0.3) is 0 Å². The Bertz CT molecular complexity index is 811. The Kier molecular flexibility index (Phi) is 4.33. The first-order valence-electron chi connectivity index (χ1n) is 7.59. The average molecular weight is 352 g/mol. The summed E-state index contributed by atoms with van der Waals surface area (Å²) < 4.78 is 25.2. The Balaban J connectivity index is 1.63. The van der Waals surface area contributed by atoms with E-state index >= 15 is 0 Å². The van der Waals surface area contributed by atoms with Gasteiger partial charge in [-0.3, -0.25) is 0 Å². The van der Waals surface area contributed by atoms with Crippen LogP contribution in [-0.4, -0.2) is 42.9 Å². The lowest BCUT2D eigenvalue weighted by molar-refractivity contribution is 0.195. The van der Waals surface area contributed by atoms with Crippen LogP contribution in [-0.2, 0) is 16.4 Å². The molecule has 0 bridgehead atoms. The van der Waals surface area contributed by atoms with Crippen molar-refractivity contribution in [3.8, 4) is 0 Å². The van der Waals surface area contributed by atoms with Gasteiger partial charge in [-0.05, 0) is 48.4 Å². The summed E-state index contributed by atoms with van der Waals surface area (Å²) in [5.41, 5.74) is 1.04. The molecule has 0 radical (unpaired) electrons. The first-order valence-corrected chi connectivity index (χ1v) is 10.1. The highest BCUT2D eigenvalue weighted by Crippen LogP contribution is 2.22. The monoisotopic (exact) mass is 352 g/mol. The van der Waals surface area contributed by atoms with Crippen LogP contribution in [0.4, 0.5) is 4.79 Å². The van der Waals surface area contributed by atoms with Crippen molar-refractivity contribution in [3.05, 3.63) is 35.2 Å². The zero-order valence-corrected chi connectivity index (χ0v) is 14.8. The maximum atomic E-state index is 12.3. The molecule has 2 unspecified atom stereocenters. The SMILES string of the molecule is CC1CN(C(=O)NCc2ccc3sccc3c2)CC(C)S1(=O)=O. The summed E-state index contributed by atoms with van der Waals surface area (Å²) >= 11 is 1.69. The topological polar surface area (TPSA) is 66.5 Å². The molecule has 1 fully saturated rings. The number of carbonyl (C=O) groups is 1. The third kappa shape index (κ3) is 3.21. The Morgan fingerprint density at radius 3 is 2.65 bits per heavy atom. The number of benzene rings is 1. The lowest BCUT2D eigenvalue weighted by atomic mass is 10.2. The molecular weight excluding hydrogens is 332 g/mol. The van der Waals surface area contributed by atoms with Crippen LogP contribution in [0.1, 0.15) is 19.4 Å². The summed E-state index contributed by atoms with van der Waals surface area (Å²) in [7, 11) is -3.11. The summed E-state index contributed by atoms with van der Waals surface area (Å²) in [6, 6.07) is 7.98. The van der Waals surface area contributed by atoms with Crippen LogP contribution in [0.5, 0.6) is 0 Å². The summed E-state index contributed by atoms with van der Waals surface area (Å²) in [4.78, 5) is 13.9.